The van der Waals surface area contributed by atoms with E-state index in [1.807, 2.05) is 20.8 Å². The minimum Gasteiger partial charge on any atom is -0.480 e. The Morgan fingerprint density at radius 1 is 1.26 bits per heavy atom. The van der Waals surface area contributed by atoms with Crippen LogP contribution in [0.3, 0.4) is 0 Å². The maximum Gasteiger partial charge on any atom is 0.326 e. The molecule has 0 spiro atoms. The summed E-state index contributed by atoms with van der Waals surface area (Å²) in [6.07, 6.45) is 3.56. The summed E-state index contributed by atoms with van der Waals surface area (Å²) in [4.78, 5) is 27.3. The SMILES string of the molecule is CCCN(CCC)C(=O)N1CCCC(C)C1C(=O)O. The summed E-state index contributed by atoms with van der Waals surface area (Å²) in [5, 5.41) is 9.36. The Bertz CT molecular complexity index is 314. The van der Waals surface area contributed by atoms with Crippen LogP contribution in [0.1, 0.15) is 46.5 Å². The lowest BCUT2D eigenvalue weighted by molar-refractivity contribution is -0.145. The van der Waals surface area contributed by atoms with E-state index in [-0.39, 0.29) is 11.9 Å². The van der Waals surface area contributed by atoms with Gasteiger partial charge in [0.1, 0.15) is 6.04 Å². The van der Waals surface area contributed by atoms with Crippen LogP contribution in [0.4, 0.5) is 4.79 Å². The number of carboxylic acids is 1. The quantitative estimate of drug-likeness (QED) is 0.834. The van der Waals surface area contributed by atoms with E-state index < -0.39 is 12.0 Å². The van der Waals surface area contributed by atoms with Gasteiger partial charge in [0, 0.05) is 19.6 Å². The lowest BCUT2D eigenvalue weighted by Crippen LogP contribution is -2.56. The number of carbonyl (C=O) groups is 2. The van der Waals surface area contributed by atoms with Crippen molar-refractivity contribution in [2.45, 2.75) is 52.5 Å². The molecule has 1 saturated heterocycles. The molecule has 2 unspecified atom stereocenters. The Hall–Kier alpha value is -1.26. The number of nitrogens with zero attached hydrogens (tertiary/aromatic N) is 2. The second-order valence-corrected chi connectivity index (χ2v) is 5.37. The van der Waals surface area contributed by atoms with Gasteiger partial charge in [0.25, 0.3) is 0 Å². The fraction of sp³-hybridized carbons (Fsp3) is 0.857. The Morgan fingerprint density at radius 3 is 2.32 bits per heavy atom. The van der Waals surface area contributed by atoms with Crippen molar-refractivity contribution in [3.05, 3.63) is 0 Å². The number of piperidine rings is 1. The van der Waals surface area contributed by atoms with Crippen LogP contribution >= 0.6 is 0 Å². The van der Waals surface area contributed by atoms with Gasteiger partial charge in [-0.3, -0.25) is 0 Å². The highest BCUT2D eigenvalue weighted by Crippen LogP contribution is 2.24. The number of carboxylic acid groups (broad SMARTS) is 1. The van der Waals surface area contributed by atoms with E-state index in [2.05, 4.69) is 0 Å². The number of rotatable bonds is 5. The van der Waals surface area contributed by atoms with Crippen LogP contribution in [-0.2, 0) is 4.79 Å². The first-order valence-electron chi connectivity index (χ1n) is 7.31. The van der Waals surface area contributed by atoms with Gasteiger partial charge in [-0.15, -0.1) is 0 Å². The molecule has 2 atom stereocenters. The van der Waals surface area contributed by atoms with Crippen molar-refractivity contribution in [3.8, 4) is 0 Å². The lowest BCUT2D eigenvalue weighted by Gasteiger charge is -2.40. The van der Waals surface area contributed by atoms with Crippen LogP contribution in [0, 0.1) is 5.92 Å². The van der Waals surface area contributed by atoms with E-state index in [0.29, 0.717) is 19.6 Å². The highest BCUT2D eigenvalue weighted by atomic mass is 16.4. The van der Waals surface area contributed by atoms with Crippen LogP contribution in [0.25, 0.3) is 0 Å². The summed E-state index contributed by atoms with van der Waals surface area (Å²) in [6.45, 7) is 7.94. The minimum absolute atomic E-state index is 0.0281. The second kappa shape index (κ2) is 7.36. The van der Waals surface area contributed by atoms with E-state index >= 15 is 0 Å². The van der Waals surface area contributed by atoms with Gasteiger partial charge in [-0.05, 0) is 31.6 Å². The summed E-state index contributed by atoms with van der Waals surface area (Å²) in [7, 11) is 0. The third kappa shape index (κ3) is 3.85. The molecule has 1 aliphatic heterocycles. The van der Waals surface area contributed by atoms with Gasteiger partial charge in [-0.2, -0.15) is 0 Å². The molecule has 0 aromatic rings. The van der Waals surface area contributed by atoms with Gasteiger partial charge in [-0.1, -0.05) is 20.8 Å². The smallest absolute Gasteiger partial charge is 0.326 e. The fourth-order valence-electron chi connectivity index (χ4n) is 2.80. The Labute approximate surface area is 115 Å². The number of hydrogen-bond acceptors (Lipinski definition) is 2. The molecule has 2 amide bonds. The molecule has 0 saturated carbocycles. The van der Waals surface area contributed by atoms with Crippen molar-refractivity contribution in [1.29, 1.82) is 0 Å². The standard InChI is InChI=1S/C14H26N2O3/c1-4-8-15(9-5-2)14(19)16-10-6-7-11(3)12(16)13(17)18/h11-12H,4-10H2,1-3H3,(H,17,18). The number of carbonyl (C=O) groups excluding carboxylic acids is 1. The molecule has 110 valence electrons. The molecule has 1 heterocycles. The highest BCUT2D eigenvalue weighted by molar-refractivity contribution is 5.83. The molecule has 1 rings (SSSR count). The summed E-state index contributed by atoms with van der Waals surface area (Å²) < 4.78 is 0. The number of urea groups is 1. The summed E-state index contributed by atoms with van der Waals surface area (Å²) >= 11 is 0. The van der Waals surface area contributed by atoms with Crippen LogP contribution in [0.5, 0.6) is 0 Å². The van der Waals surface area contributed by atoms with E-state index in [4.69, 9.17) is 0 Å². The van der Waals surface area contributed by atoms with E-state index in [9.17, 15) is 14.7 Å². The topological polar surface area (TPSA) is 60.9 Å². The van der Waals surface area contributed by atoms with E-state index in [1.54, 1.807) is 9.80 Å². The lowest BCUT2D eigenvalue weighted by atomic mass is 9.91. The molecule has 0 bridgehead atoms. The molecule has 0 aromatic carbocycles. The van der Waals surface area contributed by atoms with Gasteiger partial charge in [0.05, 0.1) is 0 Å². The van der Waals surface area contributed by atoms with Crippen LogP contribution in [0.2, 0.25) is 0 Å². The maximum atomic E-state index is 12.5. The average molecular weight is 270 g/mol. The Morgan fingerprint density at radius 2 is 1.84 bits per heavy atom. The average Bonchev–Trinajstić information content (AvgIpc) is 2.37. The fourth-order valence-corrected chi connectivity index (χ4v) is 2.80. The molecular weight excluding hydrogens is 244 g/mol. The zero-order valence-electron chi connectivity index (χ0n) is 12.3. The molecule has 1 N–H and O–H groups in total. The van der Waals surface area contributed by atoms with Crippen molar-refractivity contribution in [2.75, 3.05) is 19.6 Å². The van der Waals surface area contributed by atoms with Crippen molar-refractivity contribution in [1.82, 2.24) is 9.80 Å². The molecule has 19 heavy (non-hydrogen) atoms. The third-order valence-corrected chi connectivity index (χ3v) is 3.69. The molecule has 5 nitrogen and oxygen atoms in total. The number of aliphatic carboxylic acids is 1. The van der Waals surface area contributed by atoms with Crippen molar-refractivity contribution in [3.63, 3.8) is 0 Å². The van der Waals surface area contributed by atoms with Crippen LogP contribution < -0.4 is 0 Å². The number of hydrogen-bond donors (Lipinski definition) is 1. The monoisotopic (exact) mass is 270 g/mol. The first kappa shape index (κ1) is 15.8. The highest BCUT2D eigenvalue weighted by Gasteiger charge is 2.38. The molecule has 0 aromatic heterocycles. The predicted molar refractivity (Wildman–Crippen MR) is 74.1 cm³/mol. The van der Waals surface area contributed by atoms with Crippen molar-refractivity contribution in [2.24, 2.45) is 5.92 Å². The maximum absolute atomic E-state index is 12.5. The molecule has 1 aliphatic rings. The zero-order chi connectivity index (χ0) is 14.4. The van der Waals surface area contributed by atoms with Crippen molar-refractivity contribution >= 4 is 12.0 Å². The number of amides is 2. The molecule has 0 aliphatic carbocycles. The molecule has 5 heteroatoms. The summed E-state index contributed by atoms with van der Waals surface area (Å²) in [5.74, 6) is -0.853. The molecular formula is C14H26N2O3. The predicted octanol–water partition coefficient (Wildman–Crippen LogP) is 2.41. The van der Waals surface area contributed by atoms with E-state index in [0.717, 1.165) is 25.7 Å². The summed E-state index contributed by atoms with van der Waals surface area (Å²) in [5.41, 5.74) is 0. The Kier molecular flexibility index (Phi) is 6.12. The van der Waals surface area contributed by atoms with E-state index in [1.165, 1.54) is 0 Å². The minimum atomic E-state index is -0.881. The largest absolute Gasteiger partial charge is 0.480 e. The third-order valence-electron chi connectivity index (χ3n) is 3.69. The normalized spacial score (nSPS) is 23.2. The zero-order valence-corrected chi connectivity index (χ0v) is 12.3. The van der Waals surface area contributed by atoms with Gasteiger partial charge < -0.3 is 14.9 Å². The second-order valence-electron chi connectivity index (χ2n) is 5.37. The first-order chi connectivity index (χ1) is 9.02. The number of likely N-dealkylation sites (tertiary alicyclic amines) is 1. The molecule has 1 fully saturated rings. The van der Waals surface area contributed by atoms with Gasteiger partial charge in [-0.25, -0.2) is 9.59 Å². The van der Waals surface area contributed by atoms with Gasteiger partial charge in [0.2, 0.25) is 0 Å². The van der Waals surface area contributed by atoms with Crippen molar-refractivity contribution < 1.29 is 14.7 Å². The summed E-state index contributed by atoms with van der Waals surface area (Å²) in [6, 6.07) is -0.778. The molecule has 0 radical (unpaired) electrons. The first-order valence-corrected chi connectivity index (χ1v) is 7.31. The van der Waals surface area contributed by atoms with Gasteiger partial charge in [0.15, 0.2) is 0 Å². The van der Waals surface area contributed by atoms with Crippen LogP contribution in [-0.4, -0.2) is 52.6 Å². The van der Waals surface area contributed by atoms with Crippen LogP contribution in [0.15, 0.2) is 0 Å². The Balaban J connectivity index is 2.83. The van der Waals surface area contributed by atoms with Gasteiger partial charge >= 0.3 is 12.0 Å².